The molecule has 0 saturated carbocycles. The van der Waals surface area contributed by atoms with Crippen molar-refractivity contribution in [2.75, 3.05) is 0 Å². The van der Waals surface area contributed by atoms with Crippen molar-refractivity contribution in [2.24, 2.45) is 0 Å². The lowest BCUT2D eigenvalue weighted by Gasteiger charge is -2.08. The number of aromatic nitrogens is 1. The summed E-state index contributed by atoms with van der Waals surface area (Å²) in [5.41, 5.74) is 2.28. The summed E-state index contributed by atoms with van der Waals surface area (Å²) in [5, 5.41) is 0. The van der Waals surface area contributed by atoms with Gasteiger partial charge in [0.05, 0.1) is 5.52 Å². The molecule has 84 valence electrons. The van der Waals surface area contributed by atoms with Crippen LogP contribution in [0, 0.1) is 0 Å². The van der Waals surface area contributed by atoms with E-state index in [4.69, 9.17) is 4.74 Å². The van der Waals surface area contributed by atoms with Gasteiger partial charge in [0, 0.05) is 12.4 Å². The van der Waals surface area contributed by atoms with Gasteiger partial charge in [0.2, 0.25) is 0 Å². The fourth-order valence-electron chi connectivity index (χ4n) is 1.90. The number of pyridine rings is 1. The maximum absolute atomic E-state index is 5.84. The second-order valence-corrected chi connectivity index (χ2v) is 3.95. The van der Waals surface area contributed by atoms with E-state index in [2.05, 4.69) is 22.6 Å². The van der Waals surface area contributed by atoms with Gasteiger partial charge < -0.3 is 9.14 Å². The highest BCUT2D eigenvalue weighted by Gasteiger charge is 2.01. The van der Waals surface area contributed by atoms with Gasteiger partial charge in [-0.1, -0.05) is 30.3 Å². The maximum Gasteiger partial charge on any atom is 0.143 e. The zero-order chi connectivity index (χ0) is 11.5. The molecule has 0 aliphatic heterocycles. The van der Waals surface area contributed by atoms with Crippen LogP contribution in [0.25, 0.3) is 5.52 Å². The second kappa shape index (κ2) is 4.34. The Morgan fingerprint density at radius 1 is 0.824 bits per heavy atom. The van der Waals surface area contributed by atoms with Gasteiger partial charge >= 0.3 is 0 Å². The molecule has 0 radical (unpaired) electrons. The highest BCUT2D eigenvalue weighted by molar-refractivity contribution is 5.60. The first-order valence-electron chi connectivity index (χ1n) is 5.66. The Bertz CT molecular complexity index is 613. The topological polar surface area (TPSA) is 13.6 Å². The summed E-state index contributed by atoms with van der Waals surface area (Å²) in [5.74, 6) is 0.918. The van der Waals surface area contributed by atoms with Crippen LogP contribution in [0.4, 0.5) is 0 Å². The van der Waals surface area contributed by atoms with Crippen LogP contribution >= 0.6 is 0 Å². The maximum atomic E-state index is 5.84. The van der Waals surface area contributed by atoms with Crippen LogP contribution in [-0.4, -0.2) is 4.40 Å². The van der Waals surface area contributed by atoms with Gasteiger partial charge in [-0.2, -0.15) is 0 Å². The number of nitrogens with zero attached hydrogens (tertiary/aromatic N) is 1. The molecule has 0 aliphatic rings. The van der Waals surface area contributed by atoms with Crippen LogP contribution in [0.5, 0.6) is 5.75 Å². The van der Waals surface area contributed by atoms with Crippen LogP contribution in [0.2, 0.25) is 0 Å². The molecule has 0 spiro atoms. The van der Waals surface area contributed by atoms with Crippen molar-refractivity contribution < 1.29 is 4.74 Å². The average molecular weight is 223 g/mol. The molecule has 3 rings (SSSR count). The quantitative estimate of drug-likeness (QED) is 0.662. The Morgan fingerprint density at radius 2 is 1.59 bits per heavy atom. The molecule has 2 heteroatoms. The van der Waals surface area contributed by atoms with Gasteiger partial charge in [0.1, 0.15) is 12.4 Å². The van der Waals surface area contributed by atoms with Crippen molar-refractivity contribution in [3.63, 3.8) is 0 Å². The lowest BCUT2D eigenvalue weighted by molar-refractivity contribution is 0.309. The molecule has 0 amide bonds. The molecule has 2 aromatic heterocycles. The minimum Gasteiger partial charge on any atom is -0.487 e. The van der Waals surface area contributed by atoms with Crippen molar-refractivity contribution in [1.29, 1.82) is 0 Å². The van der Waals surface area contributed by atoms with E-state index in [1.165, 1.54) is 5.56 Å². The molecule has 0 aliphatic carbocycles. The second-order valence-electron chi connectivity index (χ2n) is 3.95. The third kappa shape index (κ3) is 2.02. The molecule has 2 nitrogen and oxygen atoms in total. The fourth-order valence-corrected chi connectivity index (χ4v) is 1.90. The standard InChI is InChI=1S/C15H13NO/c1-2-6-13(7-3-1)12-17-15-9-5-11-16-10-4-8-14(15)16/h1-11H,12H2. The van der Waals surface area contributed by atoms with Crippen molar-refractivity contribution in [2.45, 2.75) is 6.61 Å². The predicted molar refractivity (Wildman–Crippen MR) is 68.2 cm³/mol. The van der Waals surface area contributed by atoms with E-state index in [9.17, 15) is 0 Å². The first-order chi connectivity index (χ1) is 8.43. The van der Waals surface area contributed by atoms with E-state index in [0.29, 0.717) is 6.61 Å². The van der Waals surface area contributed by atoms with Gasteiger partial charge in [-0.3, -0.25) is 0 Å². The van der Waals surface area contributed by atoms with E-state index in [1.54, 1.807) is 0 Å². The smallest absolute Gasteiger partial charge is 0.143 e. The molecule has 0 saturated heterocycles. The van der Waals surface area contributed by atoms with Gasteiger partial charge in [0.15, 0.2) is 0 Å². The zero-order valence-electron chi connectivity index (χ0n) is 9.41. The van der Waals surface area contributed by atoms with Crippen molar-refractivity contribution in [3.05, 3.63) is 72.6 Å². The highest BCUT2D eigenvalue weighted by Crippen LogP contribution is 2.20. The monoisotopic (exact) mass is 223 g/mol. The summed E-state index contributed by atoms with van der Waals surface area (Å²) in [7, 11) is 0. The summed E-state index contributed by atoms with van der Waals surface area (Å²) in [6.45, 7) is 0.603. The van der Waals surface area contributed by atoms with E-state index >= 15 is 0 Å². The van der Waals surface area contributed by atoms with Gasteiger partial charge in [-0.05, 0) is 29.8 Å². The SMILES string of the molecule is c1ccc(COc2cccn3cccc23)cc1. The Labute approximate surface area is 100 Å². The van der Waals surface area contributed by atoms with Gasteiger partial charge in [-0.15, -0.1) is 0 Å². The molecule has 1 aromatic carbocycles. The van der Waals surface area contributed by atoms with Gasteiger partial charge in [0.25, 0.3) is 0 Å². The van der Waals surface area contributed by atoms with E-state index in [1.807, 2.05) is 48.8 Å². The van der Waals surface area contributed by atoms with E-state index in [0.717, 1.165) is 11.3 Å². The number of rotatable bonds is 3. The molecule has 17 heavy (non-hydrogen) atoms. The van der Waals surface area contributed by atoms with E-state index in [-0.39, 0.29) is 0 Å². The first-order valence-corrected chi connectivity index (χ1v) is 5.66. The lowest BCUT2D eigenvalue weighted by atomic mass is 10.2. The highest BCUT2D eigenvalue weighted by atomic mass is 16.5. The Kier molecular flexibility index (Phi) is 2.54. The third-order valence-electron chi connectivity index (χ3n) is 2.76. The third-order valence-corrected chi connectivity index (χ3v) is 2.76. The zero-order valence-corrected chi connectivity index (χ0v) is 9.41. The number of hydrogen-bond acceptors (Lipinski definition) is 1. The van der Waals surface area contributed by atoms with Crippen LogP contribution < -0.4 is 4.74 Å². The summed E-state index contributed by atoms with van der Waals surface area (Å²) >= 11 is 0. The molecule has 0 fully saturated rings. The molecule has 3 aromatic rings. The van der Waals surface area contributed by atoms with Crippen LogP contribution in [-0.2, 0) is 6.61 Å². The van der Waals surface area contributed by atoms with Crippen molar-refractivity contribution >= 4 is 5.52 Å². The molecular weight excluding hydrogens is 210 g/mol. The van der Waals surface area contributed by atoms with Crippen molar-refractivity contribution in [1.82, 2.24) is 4.40 Å². The predicted octanol–water partition coefficient (Wildman–Crippen LogP) is 3.52. The van der Waals surface area contributed by atoms with Crippen LogP contribution in [0.3, 0.4) is 0 Å². The number of hydrogen-bond donors (Lipinski definition) is 0. The summed E-state index contributed by atoms with van der Waals surface area (Å²) in [6.07, 6.45) is 4.04. The minimum absolute atomic E-state index is 0.603. The van der Waals surface area contributed by atoms with Crippen molar-refractivity contribution in [3.8, 4) is 5.75 Å². The number of fused-ring (bicyclic) bond motifs is 1. The Hall–Kier alpha value is -2.22. The minimum atomic E-state index is 0.603. The molecular formula is C15H13NO. The fraction of sp³-hybridized carbons (Fsp3) is 0.0667. The average Bonchev–Trinajstić information content (AvgIpc) is 2.86. The van der Waals surface area contributed by atoms with Crippen LogP contribution in [0.15, 0.2) is 67.0 Å². The molecule has 2 heterocycles. The number of benzene rings is 1. The number of ether oxygens (including phenoxy) is 1. The molecule has 0 N–H and O–H groups in total. The van der Waals surface area contributed by atoms with Gasteiger partial charge in [-0.25, -0.2) is 0 Å². The first kappa shape index (κ1) is 9.97. The normalized spacial score (nSPS) is 10.6. The van der Waals surface area contributed by atoms with Crippen LogP contribution in [0.1, 0.15) is 5.56 Å². The lowest BCUT2D eigenvalue weighted by Crippen LogP contribution is -1.96. The summed E-state index contributed by atoms with van der Waals surface area (Å²) < 4.78 is 7.90. The summed E-state index contributed by atoms with van der Waals surface area (Å²) in [6, 6.07) is 18.3. The summed E-state index contributed by atoms with van der Waals surface area (Å²) in [4.78, 5) is 0. The Balaban J connectivity index is 1.84. The molecule has 0 atom stereocenters. The molecule has 0 unspecified atom stereocenters. The molecule has 0 bridgehead atoms. The largest absolute Gasteiger partial charge is 0.487 e. The Morgan fingerprint density at radius 3 is 2.41 bits per heavy atom. The van der Waals surface area contributed by atoms with E-state index < -0.39 is 0 Å².